The molecule has 0 aromatic rings. The van der Waals surface area contributed by atoms with Crippen LogP contribution in [0, 0.1) is 5.92 Å². The van der Waals surface area contributed by atoms with Crippen molar-refractivity contribution in [2.24, 2.45) is 11.7 Å². The van der Waals surface area contributed by atoms with Crippen molar-refractivity contribution in [2.75, 3.05) is 6.54 Å². The monoisotopic (exact) mass is 182 g/mol. The molecular formula is C10H18N2O. The second-order valence-electron chi connectivity index (χ2n) is 4.52. The predicted octanol–water partition coefficient (Wildman–Crippen LogP) is 0.735. The maximum absolute atomic E-state index is 11.4. The van der Waals surface area contributed by atoms with Gasteiger partial charge in [0.05, 0.1) is 0 Å². The molecule has 2 N–H and O–H groups in total. The van der Waals surface area contributed by atoms with Gasteiger partial charge in [-0.15, -0.1) is 0 Å². The SMILES string of the molecule is CC1CCCC(N2CC(N)C2=O)C1. The van der Waals surface area contributed by atoms with Gasteiger partial charge >= 0.3 is 0 Å². The van der Waals surface area contributed by atoms with Crippen molar-refractivity contribution in [3.8, 4) is 0 Å². The fourth-order valence-corrected chi connectivity index (χ4v) is 2.49. The number of nitrogens with two attached hydrogens (primary N) is 1. The summed E-state index contributed by atoms with van der Waals surface area (Å²) in [5, 5.41) is 0. The molecule has 0 aromatic heterocycles. The average Bonchev–Trinajstić information content (AvgIpc) is 2.13. The third kappa shape index (κ3) is 1.57. The smallest absolute Gasteiger partial charge is 0.241 e. The molecule has 13 heavy (non-hydrogen) atoms. The van der Waals surface area contributed by atoms with Crippen molar-refractivity contribution in [1.29, 1.82) is 0 Å². The Hall–Kier alpha value is -0.570. The van der Waals surface area contributed by atoms with Crippen LogP contribution < -0.4 is 5.73 Å². The number of β-lactam (4-membered cyclic amide) rings is 1. The van der Waals surface area contributed by atoms with Gasteiger partial charge in [0.1, 0.15) is 6.04 Å². The molecule has 1 saturated carbocycles. The van der Waals surface area contributed by atoms with Gasteiger partial charge in [-0.1, -0.05) is 19.8 Å². The number of amides is 1. The zero-order valence-electron chi connectivity index (χ0n) is 8.20. The summed E-state index contributed by atoms with van der Waals surface area (Å²) in [6.07, 6.45) is 4.96. The number of carbonyl (C=O) groups excluding carboxylic acids is 1. The van der Waals surface area contributed by atoms with Crippen LogP contribution in [-0.4, -0.2) is 29.4 Å². The van der Waals surface area contributed by atoms with Crippen LogP contribution in [0.2, 0.25) is 0 Å². The van der Waals surface area contributed by atoms with E-state index in [9.17, 15) is 4.79 Å². The molecule has 0 bridgehead atoms. The summed E-state index contributed by atoms with van der Waals surface area (Å²) in [7, 11) is 0. The van der Waals surface area contributed by atoms with Crippen LogP contribution >= 0.6 is 0 Å². The molecule has 1 aliphatic carbocycles. The molecule has 1 aliphatic heterocycles. The van der Waals surface area contributed by atoms with Crippen LogP contribution in [0.4, 0.5) is 0 Å². The van der Waals surface area contributed by atoms with E-state index in [1.54, 1.807) is 0 Å². The zero-order chi connectivity index (χ0) is 9.42. The lowest BCUT2D eigenvalue weighted by molar-refractivity contribution is -0.146. The van der Waals surface area contributed by atoms with E-state index in [2.05, 4.69) is 6.92 Å². The zero-order valence-corrected chi connectivity index (χ0v) is 8.20. The summed E-state index contributed by atoms with van der Waals surface area (Å²) in [6.45, 7) is 3.06. The van der Waals surface area contributed by atoms with E-state index in [0.717, 1.165) is 12.5 Å². The Morgan fingerprint density at radius 2 is 2.23 bits per heavy atom. The van der Waals surface area contributed by atoms with E-state index < -0.39 is 0 Å². The van der Waals surface area contributed by atoms with Crippen molar-refractivity contribution in [3.05, 3.63) is 0 Å². The first-order valence-electron chi connectivity index (χ1n) is 5.24. The van der Waals surface area contributed by atoms with E-state index in [1.807, 2.05) is 4.90 Å². The Kier molecular flexibility index (Phi) is 2.28. The van der Waals surface area contributed by atoms with Crippen molar-refractivity contribution < 1.29 is 4.79 Å². The van der Waals surface area contributed by atoms with Crippen LogP contribution in [-0.2, 0) is 4.79 Å². The van der Waals surface area contributed by atoms with Crippen molar-refractivity contribution in [1.82, 2.24) is 4.90 Å². The van der Waals surface area contributed by atoms with Gasteiger partial charge in [-0.25, -0.2) is 0 Å². The highest BCUT2D eigenvalue weighted by atomic mass is 16.2. The Morgan fingerprint density at radius 1 is 1.46 bits per heavy atom. The molecule has 0 radical (unpaired) electrons. The van der Waals surface area contributed by atoms with Crippen LogP contribution in [0.1, 0.15) is 32.6 Å². The lowest BCUT2D eigenvalue weighted by Gasteiger charge is -2.44. The summed E-state index contributed by atoms with van der Waals surface area (Å²) >= 11 is 0. The molecule has 74 valence electrons. The molecule has 1 saturated heterocycles. The third-order valence-electron chi connectivity index (χ3n) is 3.34. The van der Waals surface area contributed by atoms with E-state index >= 15 is 0 Å². The molecule has 3 nitrogen and oxygen atoms in total. The van der Waals surface area contributed by atoms with Gasteiger partial charge in [0.15, 0.2) is 0 Å². The molecule has 2 rings (SSSR count). The number of nitrogens with zero attached hydrogens (tertiary/aromatic N) is 1. The van der Waals surface area contributed by atoms with Gasteiger partial charge in [-0.2, -0.15) is 0 Å². The fourth-order valence-electron chi connectivity index (χ4n) is 2.49. The first-order chi connectivity index (χ1) is 6.18. The molecule has 2 aliphatic rings. The molecule has 0 spiro atoms. The summed E-state index contributed by atoms with van der Waals surface area (Å²) < 4.78 is 0. The summed E-state index contributed by atoms with van der Waals surface area (Å²) in [4.78, 5) is 13.3. The van der Waals surface area contributed by atoms with E-state index in [0.29, 0.717) is 6.04 Å². The molecular weight excluding hydrogens is 164 g/mol. The van der Waals surface area contributed by atoms with E-state index in [1.165, 1.54) is 25.7 Å². The summed E-state index contributed by atoms with van der Waals surface area (Å²) in [5.41, 5.74) is 5.56. The van der Waals surface area contributed by atoms with Gasteiger partial charge in [0, 0.05) is 12.6 Å². The maximum Gasteiger partial charge on any atom is 0.241 e. The van der Waals surface area contributed by atoms with Gasteiger partial charge in [0.2, 0.25) is 5.91 Å². The molecule has 2 fully saturated rings. The van der Waals surface area contributed by atoms with Crippen molar-refractivity contribution >= 4 is 5.91 Å². The van der Waals surface area contributed by atoms with Gasteiger partial charge in [-0.3, -0.25) is 4.79 Å². The summed E-state index contributed by atoms with van der Waals surface area (Å²) in [6, 6.07) is 0.299. The molecule has 3 unspecified atom stereocenters. The van der Waals surface area contributed by atoms with Crippen molar-refractivity contribution in [2.45, 2.75) is 44.7 Å². The van der Waals surface area contributed by atoms with Gasteiger partial charge in [0.25, 0.3) is 0 Å². The third-order valence-corrected chi connectivity index (χ3v) is 3.34. The highest BCUT2D eigenvalue weighted by Gasteiger charge is 2.39. The molecule has 1 amide bonds. The molecule has 3 heteroatoms. The van der Waals surface area contributed by atoms with Crippen LogP contribution in [0.5, 0.6) is 0 Å². The number of hydrogen-bond acceptors (Lipinski definition) is 2. The van der Waals surface area contributed by atoms with Gasteiger partial charge < -0.3 is 10.6 Å². The highest BCUT2D eigenvalue weighted by molar-refractivity contribution is 5.87. The normalized spacial score (nSPS) is 40.3. The average molecular weight is 182 g/mol. The first kappa shape index (κ1) is 9.00. The largest absolute Gasteiger partial charge is 0.336 e. The van der Waals surface area contributed by atoms with Crippen LogP contribution in [0.3, 0.4) is 0 Å². The Bertz CT molecular complexity index is 217. The lowest BCUT2D eigenvalue weighted by Crippen LogP contribution is -2.64. The Labute approximate surface area is 79.3 Å². The second-order valence-corrected chi connectivity index (χ2v) is 4.52. The number of rotatable bonds is 1. The summed E-state index contributed by atoms with van der Waals surface area (Å²) in [5.74, 6) is 0.947. The molecule has 1 heterocycles. The Balaban J connectivity index is 1.90. The fraction of sp³-hybridized carbons (Fsp3) is 0.900. The van der Waals surface area contributed by atoms with Crippen LogP contribution in [0.25, 0.3) is 0 Å². The Morgan fingerprint density at radius 3 is 2.77 bits per heavy atom. The molecule has 3 atom stereocenters. The quantitative estimate of drug-likeness (QED) is 0.608. The number of likely N-dealkylation sites (tertiary alicyclic amines) is 1. The maximum atomic E-state index is 11.4. The minimum absolute atomic E-state index is 0.166. The van der Waals surface area contributed by atoms with Gasteiger partial charge in [-0.05, 0) is 18.8 Å². The lowest BCUT2D eigenvalue weighted by atomic mass is 9.84. The molecule has 0 aromatic carbocycles. The van der Waals surface area contributed by atoms with Crippen molar-refractivity contribution in [3.63, 3.8) is 0 Å². The highest BCUT2D eigenvalue weighted by Crippen LogP contribution is 2.29. The van der Waals surface area contributed by atoms with Crippen LogP contribution in [0.15, 0.2) is 0 Å². The minimum atomic E-state index is -0.197. The van der Waals surface area contributed by atoms with E-state index in [4.69, 9.17) is 5.73 Å². The standard InChI is InChI=1S/C10H18N2O/c1-7-3-2-4-8(5-7)12-6-9(11)10(12)13/h7-9H,2-6,11H2,1H3. The predicted molar refractivity (Wildman–Crippen MR) is 51.1 cm³/mol. The topological polar surface area (TPSA) is 46.3 Å². The minimum Gasteiger partial charge on any atom is -0.336 e. The second kappa shape index (κ2) is 3.29. The number of hydrogen-bond donors (Lipinski definition) is 1. The number of carbonyl (C=O) groups is 1. The van der Waals surface area contributed by atoms with E-state index in [-0.39, 0.29) is 11.9 Å². The first-order valence-corrected chi connectivity index (χ1v) is 5.24.